The number of hydrogen-bond acceptors (Lipinski definition) is 5. The maximum atomic E-state index is 11.4. The molecule has 0 saturated carbocycles. The standard InChI is InChI=1S/C10H8N2O4/c1-6-3-4-7(5-11)9(12(14)15)8(6)10(13)16-2/h3-4H,1-2H3. The van der Waals surface area contributed by atoms with Crippen LogP contribution in [0.3, 0.4) is 0 Å². The Bertz CT molecular complexity index is 502. The summed E-state index contributed by atoms with van der Waals surface area (Å²) in [6, 6.07) is 4.45. The Morgan fingerprint density at radius 2 is 2.19 bits per heavy atom. The number of aryl methyl sites for hydroxylation is 1. The zero-order valence-electron chi connectivity index (χ0n) is 8.68. The van der Waals surface area contributed by atoms with E-state index in [0.717, 1.165) is 7.11 Å². The van der Waals surface area contributed by atoms with E-state index >= 15 is 0 Å². The number of methoxy groups -OCH3 is 1. The lowest BCUT2D eigenvalue weighted by Crippen LogP contribution is -2.09. The summed E-state index contributed by atoms with van der Waals surface area (Å²) in [5, 5.41) is 19.6. The molecule has 0 N–H and O–H groups in total. The normalized spacial score (nSPS) is 9.31. The van der Waals surface area contributed by atoms with E-state index in [-0.39, 0.29) is 11.1 Å². The second kappa shape index (κ2) is 4.40. The molecule has 6 heteroatoms. The Balaban J connectivity index is 3.62. The van der Waals surface area contributed by atoms with Crippen LogP contribution in [0.2, 0.25) is 0 Å². The van der Waals surface area contributed by atoms with Crippen molar-refractivity contribution >= 4 is 11.7 Å². The maximum absolute atomic E-state index is 11.4. The summed E-state index contributed by atoms with van der Waals surface area (Å²) in [7, 11) is 1.13. The third-order valence-corrected chi connectivity index (χ3v) is 2.08. The predicted molar refractivity (Wildman–Crippen MR) is 53.9 cm³/mol. The van der Waals surface area contributed by atoms with Crippen LogP contribution >= 0.6 is 0 Å². The number of nitro benzene ring substituents is 1. The number of benzene rings is 1. The highest BCUT2D eigenvalue weighted by Gasteiger charge is 2.27. The van der Waals surface area contributed by atoms with Crippen LogP contribution in [0.15, 0.2) is 12.1 Å². The van der Waals surface area contributed by atoms with Crippen molar-refractivity contribution in [3.8, 4) is 6.07 Å². The van der Waals surface area contributed by atoms with Crippen molar-refractivity contribution in [1.82, 2.24) is 0 Å². The largest absolute Gasteiger partial charge is 0.465 e. The van der Waals surface area contributed by atoms with Gasteiger partial charge in [-0.05, 0) is 18.6 Å². The molecule has 1 rings (SSSR count). The van der Waals surface area contributed by atoms with Crippen molar-refractivity contribution in [1.29, 1.82) is 5.26 Å². The SMILES string of the molecule is COC(=O)c1c(C)ccc(C#N)c1[N+](=O)[O-]. The predicted octanol–water partition coefficient (Wildman–Crippen LogP) is 1.56. The minimum absolute atomic E-state index is 0.156. The van der Waals surface area contributed by atoms with Crippen LogP contribution < -0.4 is 0 Å². The van der Waals surface area contributed by atoms with Crippen LogP contribution in [0.1, 0.15) is 21.5 Å². The highest BCUT2D eigenvalue weighted by Crippen LogP contribution is 2.26. The molecule has 0 aliphatic carbocycles. The zero-order valence-corrected chi connectivity index (χ0v) is 8.68. The number of ether oxygens (including phenoxy) is 1. The first-order chi connectivity index (χ1) is 7.52. The van der Waals surface area contributed by atoms with Crippen molar-refractivity contribution in [2.75, 3.05) is 7.11 Å². The van der Waals surface area contributed by atoms with Crippen LogP contribution in [0, 0.1) is 28.4 Å². The average Bonchev–Trinajstić information content (AvgIpc) is 2.27. The van der Waals surface area contributed by atoms with Gasteiger partial charge in [0.1, 0.15) is 17.2 Å². The molecule has 6 nitrogen and oxygen atoms in total. The molecule has 82 valence electrons. The van der Waals surface area contributed by atoms with Gasteiger partial charge in [0.2, 0.25) is 0 Å². The Morgan fingerprint density at radius 1 is 1.56 bits per heavy atom. The van der Waals surface area contributed by atoms with Crippen molar-refractivity contribution in [3.05, 3.63) is 38.9 Å². The molecule has 0 aromatic heterocycles. The summed E-state index contributed by atoms with van der Waals surface area (Å²) < 4.78 is 4.45. The van der Waals surface area contributed by atoms with E-state index in [2.05, 4.69) is 4.74 Å². The van der Waals surface area contributed by atoms with Gasteiger partial charge in [-0.2, -0.15) is 5.26 Å². The molecule has 0 aliphatic rings. The van der Waals surface area contributed by atoms with Gasteiger partial charge in [-0.25, -0.2) is 4.79 Å². The molecule has 1 aromatic rings. The minimum Gasteiger partial charge on any atom is -0.465 e. The highest BCUT2D eigenvalue weighted by molar-refractivity contribution is 5.96. The number of nitriles is 1. The quantitative estimate of drug-likeness (QED) is 0.428. The van der Waals surface area contributed by atoms with Crippen LogP contribution in [0.5, 0.6) is 0 Å². The lowest BCUT2D eigenvalue weighted by Gasteiger charge is -2.05. The van der Waals surface area contributed by atoms with Crippen molar-refractivity contribution in [3.63, 3.8) is 0 Å². The van der Waals surface area contributed by atoms with Gasteiger partial charge in [0.05, 0.1) is 12.0 Å². The fourth-order valence-corrected chi connectivity index (χ4v) is 1.33. The average molecular weight is 220 g/mol. The summed E-state index contributed by atoms with van der Waals surface area (Å²) >= 11 is 0. The molecule has 1 aromatic carbocycles. The fourth-order valence-electron chi connectivity index (χ4n) is 1.33. The molecule has 0 heterocycles. The van der Waals surface area contributed by atoms with Gasteiger partial charge >= 0.3 is 11.7 Å². The molecule has 0 radical (unpaired) electrons. The zero-order chi connectivity index (χ0) is 12.3. The fraction of sp³-hybridized carbons (Fsp3) is 0.200. The molecule has 0 atom stereocenters. The number of nitrogens with zero attached hydrogens (tertiary/aromatic N) is 2. The molecule has 0 saturated heterocycles. The van der Waals surface area contributed by atoms with Crippen molar-refractivity contribution in [2.45, 2.75) is 6.92 Å². The molecule has 0 amide bonds. The lowest BCUT2D eigenvalue weighted by molar-refractivity contribution is -0.385. The lowest BCUT2D eigenvalue weighted by atomic mass is 10.0. The van der Waals surface area contributed by atoms with E-state index in [4.69, 9.17) is 5.26 Å². The number of rotatable bonds is 2. The minimum atomic E-state index is -0.818. The topological polar surface area (TPSA) is 93.2 Å². The third kappa shape index (κ3) is 1.83. The number of hydrogen-bond donors (Lipinski definition) is 0. The smallest absolute Gasteiger partial charge is 0.345 e. The van der Waals surface area contributed by atoms with E-state index in [0.29, 0.717) is 5.56 Å². The third-order valence-electron chi connectivity index (χ3n) is 2.08. The van der Waals surface area contributed by atoms with E-state index in [9.17, 15) is 14.9 Å². The first-order valence-electron chi connectivity index (χ1n) is 4.29. The van der Waals surface area contributed by atoms with Crippen LogP contribution in [-0.4, -0.2) is 18.0 Å². The first kappa shape index (κ1) is 11.7. The first-order valence-corrected chi connectivity index (χ1v) is 4.29. The van der Waals surface area contributed by atoms with Crippen molar-refractivity contribution < 1.29 is 14.5 Å². The van der Waals surface area contributed by atoms with Crippen molar-refractivity contribution in [2.24, 2.45) is 0 Å². The van der Waals surface area contributed by atoms with Gasteiger partial charge in [0.25, 0.3) is 0 Å². The molecular formula is C10H8N2O4. The molecule has 0 fully saturated rings. The second-order valence-corrected chi connectivity index (χ2v) is 3.01. The van der Waals surface area contributed by atoms with Gasteiger partial charge in [-0.15, -0.1) is 0 Å². The number of esters is 1. The number of carbonyl (C=O) groups excluding carboxylic acids is 1. The van der Waals surface area contributed by atoms with Gasteiger partial charge in [-0.1, -0.05) is 6.07 Å². The van der Waals surface area contributed by atoms with Gasteiger partial charge in [-0.3, -0.25) is 10.1 Å². The Hall–Kier alpha value is -2.42. The van der Waals surface area contributed by atoms with Crippen LogP contribution in [-0.2, 0) is 4.74 Å². The van der Waals surface area contributed by atoms with E-state index < -0.39 is 16.6 Å². The summed E-state index contributed by atoms with van der Waals surface area (Å²) in [5.74, 6) is -0.818. The molecular weight excluding hydrogens is 212 g/mol. The number of nitro groups is 1. The Labute approximate surface area is 91.2 Å². The monoisotopic (exact) mass is 220 g/mol. The summed E-state index contributed by atoms with van der Waals surface area (Å²) in [5.41, 5.74) is -0.436. The van der Waals surface area contributed by atoms with Gasteiger partial charge < -0.3 is 4.74 Å². The van der Waals surface area contributed by atoms with Gasteiger partial charge in [0, 0.05) is 0 Å². The van der Waals surface area contributed by atoms with Crippen LogP contribution in [0.4, 0.5) is 5.69 Å². The second-order valence-electron chi connectivity index (χ2n) is 3.01. The summed E-state index contributed by atoms with van der Waals surface area (Å²) in [4.78, 5) is 21.5. The number of carbonyl (C=O) groups is 1. The summed E-state index contributed by atoms with van der Waals surface area (Å²) in [6.07, 6.45) is 0. The Morgan fingerprint density at radius 3 is 2.62 bits per heavy atom. The highest BCUT2D eigenvalue weighted by atomic mass is 16.6. The van der Waals surface area contributed by atoms with E-state index in [1.54, 1.807) is 13.0 Å². The van der Waals surface area contributed by atoms with E-state index in [1.165, 1.54) is 12.1 Å². The summed E-state index contributed by atoms with van der Waals surface area (Å²) in [6.45, 7) is 1.54. The Kier molecular flexibility index (Phi) is 3.20. The molecule has 0 aliphatic heterocycles. The van der Waals surface area contributed by atoms with Gasteiger partial charge in [0.15, 0.2) is 0 Å². The van der Waals surface area contributed by atoms with Crippen LogP contribution in [0.25, 0.3) is 0 Å². The maximum Gasteiger partial charge on any atom is 0.345 e. The molecule has 0 spiro atoms. The molecule has 16 heavy (non-hydrogen) atoms. The molecule has 0 unspecified atom stereocenters. The van der Waals surface area contributed by atoms with E-state index in [1.807, 2.05) is 0 Å². The molecule has 0 bridgehead atoms.